The van der Waals surface area contributed by atoms with Gasteiger partial charge >= 0.3 is 0 Å². The minimum Gasteiger partial charge on any atom is -0.249 e. The zero-order valence-electron chi connectivity index (χ0n) is 8.24. The van der Waals surface area contributed by atoms with Crippen molar-refractivity contribution in [1.82, 2.24) is 4.98 Å². The zero-order valence-corrected chi connectivity index (χ0v) is 9.83. The van der Waals surface area contributed by atoms with Crippen LogP contribution < -0.4 is 0 Å². The van der Waals surface area contributed by atoms with E-state index in [4.69, 9.17) is 0 Å². The zero-order chi connectivity index (χ0) is 11.1. The summed E-state index contributed by atoms with van der Waals surface area (Å²) in [4.78, 5) is 4.20. The van der Waals surface area contributed by atoms with E-state index in [1.807, 2.05) is 18.2 Å². The van der Waals surface area contributed by atoms with Crippen molar-refractivity contribution < 1.29 is 4.39 Å². The maximum atomic E-state index is 13.1. The summed E-state index contributed by atoms with van der Waals surface area (Å²) in [7, 11) is 0. The maximum absolute atomic E-state index is 13.1. The van der Waals surface area contributed by atoms with Crippen molar-refractivity contribution in [3.63, 3.8) is 0 Å². The normalized spacial score (nSPS) is 11.1. The molecule has 2 aromatic carbocycles. The Morgan fingerprint density at radius 1 is 1.00 bits per heavy atom. The smallest absolute Gasteiger partial charge is 0.123 e. The SMILES string of the molecule is Fc1ccc2c(ccc3ccnc(Br)c32)c1. The highest BCUT2D eigenvalue weighted by atomic mass is 79.9. The number of aromatic nitrogens is 1. The summed E-state index contributed by atoms with van der Waals surface area (Å²) in [5, 5.41) is 4.03. The molecule has 1 heterocycles. The standard InChI is InChI=1S/C13H7BrFN/c14-13-12-8(5-6-16-13)1-2-9-7-10(15)3-4-11(9)12/h1-7H. The summed E-state index contributed by atoms with van der Waals surface area (Å²) < 4.78 is 13.9. The van der Waals surface area contributed by atoms with Gasteiger partial charge in [-0.2, -0.15) is 0 Å². The van der Waals surface area contributed by atoms with Crippen molar-refractivity contribution in [2.75, 3.05) is 0 Å². The molecule has 0 bridgehead atoms. The van der Waals surface area contributed by atoms with E-state index in [1.54, 1.807) is 12.3 Å². The van der Waals surface area contributed by atoms with E-state index in [-0.39, 0.29) is 5.82 Å². The Hall–Kier alpha value is -1.48. The average Bonchev–Trinajstić information content (AvgIpc) is 2.29. The van der Waals surface area contributed by atoms with Gasteiger partial charge in [0.05, 0.1) is 0 Å². The van der Waals surface area contributed by atoms with Gasteiger partial charge in [0.1, 0.15) is 10.4 Å². The number of pyridine rings is 1. The van der Waals surface area contributed by atoms with Gasteiger partial charge in [-0.05, 0) is 50.3 Å². The highest BCUT2D eigenvalue weighted by Gasteiger charge is 2.05. The first-order valence-corrected chi connectivity index (χ1v) is 5.67. The molecule has 3 heteroatoms. The van der Waals surface area contributed by atoms with Gasteiger partial charge < -0.3 is 0 Å². The molecule has 0 aliphatic heterocycles. The fourth-order valence-corrected chi connectivity index (χ4v) is 2.49. The first kappa shape index (κ1) is 9.73. The summed E-state index contributed by atoms with van der Waals surface area (Å²) in [5.41, 5.74) is 0. The largest absolute Gasteiger partial charge is 0.249 e. The third-order valence-electron chi connectivity index (χ3n) is 2.66. The Labute approximate surface area is 100 Å². The molecule has 78 valence electrons. The van der Waals surface area contributed by atoms with E-state index in [2.05, 4.69) is 20.9 Å². The molecular weight excluding hydrogens is 269 g/mol. The predicted octanol–water partition coefficient (Wildman–Crippen LogP) is 4.29. The molecular formula is C13H7BrFN. The molecule has 0 saturated heterocycles. The van der Waals surface area contributed by atoms with Gasteiger partial charge in [0, 0.05) is 11.6 Å². The van der Waals surface area contributed by atoms with E-state index < -0.39 is 0 Å². The quantitative estimate of drug-likeness (QED) is 0.441. The lowest BCUT2D eigenvalue weighted by atomic mass is 10.0. The number of hydrogen-bond acceptors (Lipinski definition) is 1. The predicted molar refractivity (Wildman–Crippen MR) is 66.9 cm³/mol. The van der Waals surface area contributed by atoms with Gasteiger partial charge in [0.25, 0.3) is 0 Å². The summed E-state index contributed by atoms with van der Waals surface area (Å²) in [5.74, 6) is -0.216. The topological polar surface area (TPSA) is 12.9 Å². The molecule has 0 aliphatic carbocycles. The van der Waals surface area contributed by atoms with Crippen molar-refractivity contribution in [2.45, 2.75) is 0 Å². The number of nitrogens with zero attached hydrogens (tertiary/aromatic N) is 1. The van der Waals surface area contributed by atoms with Crippen LogP contribution in [-0.2, 0) is 0 Å². The van der Waals surface area contributed by atoms with Crippen LogP contribution in [0, 0.1) is 5.82 Å². The summed E-state index contributed by atoms with van der Waals surface area (Å²) in [6, 6.07) is 10.6. The Balaban J connectivity index is 2.58. The number of halogens is 2. The Kier molecular flexibility index (Phi) is 2.14. The second-order valence-electron chi connectivity index (χ2n) is 3.63. The highest BCUT2D eigenvalue weighted by molar-refractivity contribution is 9.10. The molecule has 0 radical (unpaired) electrons. The molecule has 0 atom stereocenters. The molecule has 1 nitrogen and oxygen atoms in total. The fourth-order valence-electron chi connectivity index (χ4n) is 1.93. The fraction of sp³-hybridized carbons (Fsp3) is 0. The Morgan fingerprint density at radius 2 is 1.81 bits per heavy atom. The molecule has 0 N–H and O–H groups in total. The third kappa shape index (κ3) is 1.39. The van der Waals surface area contributed by atoms with Crippen LogP contribution in [0.1, 0.15) is 0 Å². The van der Waals surface area contributed by atoms with Crippen LogP contribution in [0.4, 0.5) is 4.39 Å². The van der Waals surface area contributed by atoms with Crippen LogP contribution >= 0.6 is 15.9 Å². The molecule has 16 heavy (non-hydrogen) atoms. The average molecular weight is 276 g/mol. The van der Waals surface area contributed by atoms with Gasteiger partial charge in [-0.1, -0.05) is 18.2 Å². The lowest BCUT2D eigenvalue weighted by Crippen LogP contribution is -1.83. The summed E-state index contributed by atoms with van der Waals surface area (Å²) in [6.07, 6.45) is 1.75. The molecule has 0 spiro atoms. The van der Waals surface area contributed by atoms with Crippen molar-refractivity contribution >= 4 is 37.5 Å². The molecule has 0 fully saturated rings. The van der Waals surface area contributed by atoms with Crippen LogP contribution in [0.25, 0.3) is 21.5 Å². The first-order chi connectivity index (χ1) is 7.75. The lowest BCUT2D eigenvalue weighted by Gasteiger charge is -2.05. The van der Waals surface area contributed by atoms with Gasteiger partial charge in [0.15, 0.2) is 0 Å². The van der Waals surface area contributed by atoms with Gasteiger partial charge in [-0.15, -0.1) is 0 Å². The van der Waals surface area contributed by atoms with Crippen molar-refractivity contribution in [3.05, 3.63) is 53.0 Å². The van der Waals surface area contributed by atoms with E-state index in [0.717, 1.165) is 26.1 Å². The molecule has 0 amide bonds. The lowest BCUT2D eigenvalue weighted by molar-refractivity contribution is 0.630. The monoisotopic (exact) mass is 275 g/mol. The van der Waals surface area contributed by atoms with Gasteiger partial charge in [0.2, 0.25) is 0 Å². The summed E-state index contributed by atoms with van der Waals surface area (Å²) in [6.45, 7) is 0. The van der Waals surface area contributed by atoms with Crippen molar-refractivity contribution in [2.24, 2.45) is 0 Å². The number of fused-ring (bicyclic) bond motifs is 3. The van der Waals surface area contributed by atoms with E-state index in [1.165, 1.54) is 12.1 Å². The van der Waals surface area contributed by atoms with E-state index >= 15 is 0 Å². The van der Waals surface area contributed by atoms with E-state index in [9.17, 15) is 4.39 Å². The molecule has 0 aliphatic rings. The third-order valence-corrected chi connectivity index (χ3v) is 3.26. The molecule has 3 aromatic rings. The minimum absolute atomic E-state index is 0.216. The number of hydrogen-bond donors (Lipinski definition) is 0. The van der Waals surface area contributed by atoms with Crippen molar-refractivity contribution in [3.8, 4) is 0 Å². The second-order valence-corrected chi connectivity index (χ2v) is 4.38. The Morgan fingerprint density at radius 3 is 2.69 bits per heavy atom. The number of benzene rings is 2. The maximum Gasteiger partial charge on any atom is 0.123 e. The van der Waals surface area contributed by atoms with Gasteiger partial charge in [-0.25, -0.2) is 9.37 Å². The molecule has 3 rings (SSSR count). The van der Waals surface area contributed by atoms with E-state index in [0.29, 0.717) is 0 Å². The second kappa shape index (κ2) is 3.52. The highest BCUT2D eigenvalue weighted by Crippen LogP contribution is 2.30. The van der Waals surface area contributed by atoms with Crippen LogP contribution in [0.2, 0.25) is 0 Å². The molecule has 0 saturated carbocycles. The molecule has 1 aromatic heterocycles. The van der Waals surface area contributed by atoms with Crippen LogP contribution in [-0.4, -0.2) is 4.98 Å². The summed E-state index contributed by atoms with van der Waals surface area (Å²) >= 11 is 3.43. The molecule has 0 unspecified atom stereocenters. The van der Waals surface area contributed by atoms with Crippen LogP contribution in [0.15, 0.2) is 47.2 Å². The minimum atomic E-state index is -0.216. The van der Waals surface area contributed by atoms with Crippen LogP contribution in [0.3, 0.4) is 0 Å². The number of rotatable bonds is 0. The van der Waals surface area contributed by atoms with Crippen LogP contribution in [0.5, 0.6) is 0 Å². The first-order valence-electron chi connectivity index (χ1n) is 4.88. The Bertz CT molecular complexity index is 694. The van der Waals surface area contributed by atoms with Crippen molar-refractivity contribution in [1.29, 1.82) is 0 Å². The van der Waals surface area contributed by atoms with Gasteiger partial charge in [-0.3, -0.25) is 0 Å².